The standard InChI is InChI=1S/C19H31N3O2/c1-4-5-6-7-8-16(3)22-19(24)21-14-13-20-18(23)17-11-9-15(2)10-12-17/h9-12,16H,4-8,13-14H2,1-3H3,(H,20,23)(H2,21,22,24). The van der Waals surface area contributed by atoms with E-state index in [0.717, 1.165) is 18.4 Å². The van der Waals surface area contributed by atoms with Crippen molar-refractivity contribution in [2.75, 3.05) is 13.1 Å². The molecule has 1 unspecified atom stereocenters. The van der Waals surface area contributed by atoms with Gasteiger partial charge in [-0.3, -0.25) is 4.79 Å². The van der Waals surface area contributed by atoms with Gasteiger partial charge in [-0.2, -0.15) is 0 Å². The molecule has 0 spiro atoms. The average molecular weight is 333 g/mol. The Kier molecular flexibility index (Phi) is 9.58. The van der Waals surface area contributed by atoms with Crippen molar-refractivity contribution < 1.29 is 9.59 Å². The maximum atomic E-state index is 11.9. The van der Waals surface area contributed by atoms with Gasteiger partial charge in [0, 0.05) is 24.7 Å². The Morgan fingerprint density at radius 3 is 2.33 bits per heavy atom. The summed E-state index contributed by atoms with van der Waals surface area (Å²) in [7, 11) is 0. The number of unbranched alkanes of at least 4 members (excludes halogenated alkanes) is 3. The highest BCUT2D eigenvalue weighted by atomic mass is 16.2. The first-order valence-electron chi connectivity index (χ1n) is 8.92. The summed E-state index contributed by atoms with van der Waals surface area (Å²) in [6.07, 6.45) is 5.82. The van der Waals surface area contributed by atoms with E-state index < -0.39 is 0 Å². The molecule has 0 saturated carbocycles. The molecule has 0 fully saturated rings. The highest BCUT2D eigenvalue weighted by Crippen LogP contribution is 2.05. The number of carbonyl (C=O) groups is 2. The van der Waals surface area contributed by atoms with Gasteiger partial charge in [-0.05, 0) is 32.4 Å². The molecule has 0 radical (unpaired) electrons. The number of nitrogens with one attached hydrogen (secondary N) is 3. The largest absolute Gasteiger partial charge is 0.350 e. The summed E-state index contributed by atoms with van der Waals surface area (Å²) >= 11 is 0. The Labute approximate surface area is 145 Å². The zero-order valence-corrected chi connectivity index (χ0v) is 15.2. The molecule has 1 rings (SSSR count). The highest BCUT2D eigenvalue weighted by Gasteiger charge is 2.07. The van der Waals surface area contributed by atoms with Crippen LogP contribution in [0.3, 0.4) is 0 Å². The van der Waals surface area contributed by atoms with Gasteiger partial charge >= 0.3 is 6.03 Å². The molecule has 1 aromatic rings. The normalized spacial score (nSPS) is 11.6. The molecule has 5 heteroatoms. The minimum atomic E-state index is -0.178. The van der Waals surface area contributed by atoms with Crippen LogP contribution in [0.15, 0.2) is 24.3 Å². The summed E-state index contributed by atoms with van der Waals surface area (Å²) in [5.41, 5.74) is 1.75. The minimum Gasteiger partial charge on any atom is -0.350 e. The van der Waals surface area contributed by atoms with Crippen molar-refractivity contribution in [3.63, 3.8) is 0 Å². The van der Waals surface area contributed by atoms with Gasteiger partial charge in [0.15, 0.2) is 0 Å². The van der Waals surface area contributed by atoms with Crippen LogP contribution in [0, 0.1) is 6.92 Å². The van der Waals surface area contributed by atoms with Gasteiger partial charge in [-0.25, -0.2) is 4.79 Å². The molecular weight excluding hydrogens is 302 g/mol. The van der Waals surface area contributed by atoms with Gasteiger partial charge in [0.25, 0.3) is 5.91 Å². The van der Waals surface area contributed by atoms with Crippen molar-refractivity contribution in [2.24, 2.45) is 0 Å². The molecule has 3 N–H and O–H groups in total. The lowest BCUT2D eigenvalue weighted by Gasteiger charge is -2.14. The number of benzene rings is 1. The topological polar surface area (TPSA) is 70.2 Å². The van der Waals surface area contributed by atoms with E-state index in [1.54, 1.807) is 12.1 Å². The predicted octanol–water partition coefficient (Wildman–Crippen LogP) is 3.38. The number of hydrogen-bond acceptors (Lipinski definition) is 2. The molecule has 1 aromatic carbocycles. The molecule has 0 bridgehead atoms. The fourth-order valence-corrected chi connectivity index (χ4v) is 2.38. The average Bonchev–Trinajstić information content (AvgIpc) is 2.56. The Hall–Kier alpha value is -2.04. The molecule has 24 heavy (non-hydrogen) atoms. The number of aryl methyl sites for hydroxylation is 1. The maximum absolute atomic E-state index is 11.9. The molecule has 0 saturated heterocycles. The van der Waals surface area contributed by atoms with Gasteiger partial charge in [-0.15, -0.1) is 0 Å². The molecule has 5 nitrogen and oxygen atoms in total. The molecule has 0 aliphatic heterocycles. The third kappa shape index (κ3) is 8.56. The number of carbonyl (C=O) groups excluding carboxylic acids is 2. The second-order valence-electron chi connectivity index (χ2n) is 6.27. The summed E-state index contributed by atoms with van der Waals surface area (Å²) in [4.78, 5) is 23.7. The summed E-state index contributed by atoms with van der Waals surface area (Å²) in [6.45, 7) is 7.00. The molecule has 1 atom stereocenters. The zero-order chi connectivity index (χ0) is 17.8. The van der Waals surface area contributed by atoms with Gasteiger partial charge in [0.05, 0.1) is 0 Å². The Morgan fingerprint density at radius 1 is 1.00 bits per heavy atom. The molecule has 0 aliphatic carbocycles. The van der Waals surface area contributed by atoms with Crippen LogP contribution in [0.2, 0.25) is 0 Å². The van der Waals surface area contributed by atoms with E-state index in [1.165, 1.54) is 19.3 Å². The van der Waals surface area contributed by atoms with Gasteiger partial charge in [0.2, 0.25) is 0 Å². The number of hydrogen-bond donors (Lipinski definition) is 3. The van der Waals surface area contributed by atoms with E-state index in [0.29, 0.717) is 18.7 Å². The molecule has 3 amide bonds. The SMILES string of the molecule is CCCCCCC(C)NC(=O)NCCNC(=O)c1ccc(C)cc1. The quantitative estimate of drug-likeness (QED) is 0.574. The van der Waals surface area contributed by atoms with Gasteiger partial charge in [-0.1, -0.05) is 50.3 Å². The van der Waals surface area contributed by atoms with Crippen molar-refractivity contribution >= 4 is 11.9 Å². The lowest BCUT2D eigenvalue weighted by molar-refractivity contribution is 0.0954. The Balaban J connectivity index is 2.12. The third-order valence-corrected chi connectivity index (χ3v) is 3.88. The third-order valence-electron chi connectivity index (χ3n) is 3.88. The first kappa shape index (κ1) is 20.0. The Morgan fingerprint density at radius 2 is 1.67 bits per heavy atom. The number of amides is 3. The van der Waals surface area contributed by atoms with Crippen LogP contribution in [-0.4, -0.2) is 31.1 Å². The molecule has 0 aromatic heterocycles. The van der Waals surface area contributed by atoms with E-state index in [-0.39, 0.29) is 18.0 Å². The van der Waals surface area contributed by atoms with Crippen molar-refractivity contribution in [3.8, 4) is 0 Å². The predicted molar refractivity (Wildman–Crippen MR) is 98.3 cm³/mol. The van der Waals surface area contributed by atoms with Crippen LogP contribution in [0.1, 0.15) is 61.9 Å². The number of rotatable bonds is 10. The van der Waals surface area contributed by atoms with Crippen LogP contribution in [0.4, 0.5) is 4.79 Å². The maximum Gasteiger partial charge on any atom is 0.315 e. The fourth-order valence-electron chi connectivity index (χ4n) is 2.38. The zero-order valence-electron chi connectivity index (χ0n) is 15.2. The van der Waals surface area contributed by atoms with Crippen molar-refractivity contribution in [3.05, 3.63) is 35.4 Å². The first-order valence-corrected chi connectivity index (χ1v) is 8.92. The van der Waals surface area contributed by atoms with E-state index in [2.05, 4.69) is 22.9 Å². The Bertz CT molecular complexity index is 500. The summed E-state index contributed by atoms with van der Waals surface area (Å²) < 4.78 is 0. The summed E-state index contributed by atoms with van der Waals surface area (Å²) in [5, 5.41) is 8.48. The second kappa shape index (κ2) is 11.5. The van der Waals surface area contributed by atoms with Crippen molar-refractivity contribution in [1.82, 2.24) is 16.0 Å². The number of urea groups is 1. The van der Waals surface area contributed by atoms with Crippen molar-refractivity contribution in [1.29, 1.82) is 0 Å². The van der Waals surface area contributed by atoms with Crippen LogP contribution in [0.5, 0.6) is 0 Å². The van der Waals surface area contributed by atoms with Crippen LogP contribution >= 0.6 is 0 Å². The lowest BCUT2D eigenvalue weighted by atomic mass is 10.1. The fraction of sp³-hybridized carbons (Fsp3) is 0.579. The van der Waals surface area contributed by atoms with E-state index in [9.17, 15) is 9.59 Å². The molecular formula is C19H31N3O2. The monoisotopic (exact) mass is 333 g/mol. The minimum absolute atomic E-state index is 0.124. The smallest absolute Gasteiger partial charge is 0.315 e. The van der Waals surface area contributed by atoms with Crippen molar-refractivity contribution in [2.45, 2.75) is 58.9 Å². The second-order valence-corrected chi connectivity index (χ2v) is 6.27. The molecule has 0 aliphatic rings. The summed E-state index contributed by atoms with van der Waals surface area (Å²) in [5.74, 6) is -0.124. The highest BCUT2D eigenvalue weighted by molar-refractivity contribution is 5.94. The van der Waals surface area contributed by atoms with Crippen LogP contribution in [-0.2, 0) is 0 Å². The van der Waals surface area contributed by atoms with Crippen LogP contribution < -0.4 is 16.0 Å². The molecule has 134 valence electrons. The van der Waals surface area contributed by atoms with Gasteiger partial charge in [0.1, 0.15) is 0 Å². The van der Waals surface area contributed by atoms with Gasteiger partial charge < -0.3 is 16.0 Å². The van der Waals surface area contributed by atoms with E-state index >= 15 is 0 Å². The first-order chi connectivity index (χ1) is 11.5. The van der Waals surface area contributed by atoms with Crippen LogP contribution in [0.25, 0.3) is 0 Å². The van der Waals surface area contributed by atoms with E-state index in [4.69, 9.17) is 0 Å². The summed E-state index contributed by atoms with van der Waals surface area (Å²) in [6, 6.07) is 7.40. The van der Waals surface area contributed by atoms with E-state index in [1.807, 2.05) is 26.0 Å². The molecule has 0 heterocycles. The lowest BCUT2D eigenvalue weighted by Crippen LogP contribution is -2.43.